The summed E-state index contributed by atoms with van der Waals surface area (Å²) < 4.78 is 5.60. The molecule has 0 aromatic rings. The zero-order chi connectivity index (χ0) is 12.3. The highest BCUT2D eigenvalue weighted by atomic mass is 16.6. The first kappa shape index (κ1) is 14.9. The molecule has 1 aliphatic heterocycles. The van der Waals surface area contributed by atoms with E-state index in [0.717, 1.165) is 6.42 Å². The van der Waals surface area contributed by atoms with E-state index in [1.54, 1.807) is 0 Å². The molecule has 0 spiro atoms. The molecule has 1 rings (SSSR count). The fourth-order valence-electron chi connectivity index (χ4n) is 2.10. The Morgan fingerprint density at radius 3 is 2.00 bits per heavy atom. The third kappa shape index (κ3) is 4.09. The minimum absolute atomic E-state index is 0.193. The standard InChI is InChI=1S/C9H19NO2.C3H8/c1-7-6-8(2,3)10(11)9(4,5)12-7;1-3-2/h7,11H,6H2,1-5H3;3H2,1-2H3. The number of hydroxylamine groups is 2. The molecule has 3 nitrogen and oxygen atoms in total. The summed E-state index contributed by atoms with van der Waals surface area (Å²) in [6.07, 6.45) is 2.31. The van der Waals surface area contributed by atoms with Crippen molar-refractivity contribution in [3.05, 3.63) is 0 Å². The van der Waals surface area contributed by atoms with Crippen molar-refractivity contribution in [2.75, 3.05) is 0 Å². The highest BCUT2D eigenvalue weighted by molar-refractivity contribution is 4.88. The van der Waals surface area contributed by atoms with E-state index < -0.39 is 5.72 Å². The van der Waals surface area contributed by atoms with E-state index >= 15 is 0 Å². The molecular weight excluding hydrogens is 190 g/mol. The molecule has 1 saturated heterocycles. The first-order valence-corrected chi connectivity index (χ1v) is 5.84. The quantitative estimate of drug-likeness (QED) is 0.675. The van der Waals surface area contributed by atoms with Gasteiger partial charge in [-0.3, -0.25) is 0 Å². The Morgan fingerprint density at radius 2 is 1.67 bits per heavy atom. The Morgan fingerprint density at radius 1 is 1.27 bits per heavy atom. The number of rotatable bonds is 0. The summed E-state index contributed by atoms with van der Waals surface area (Å²) in [5, 5.41) is 11.1. The van der Waals surface area contributed by atoms with Crippen LogP contribution in [0.4, 0.5) is 0 Å². The molecule has 0 aliphatic carbocycles. The minimum atomic E-state index is -0.568. The van der Waals surface area contributed by atoms with E-state index in [1.807, 2.05) is 34.6 Å². The SMILES string of the molecule is CC1CC(C)(C)N(O)C(C)(C)O1.CCC. The van der Waals surface area contributed by atoms with Gasteiger partial charge in [-0.1, -0.05) is 20.3 Å². The van der Waals surface area contributed by atoms with Gasteiger partial charge in [0.1, 0.15) is 5.72 Å². The zero-order valence-electron chi connectivity index (χ0n) is 11.3. The molecule has 92 valence electrons. The van der Waals surface area contributed by atoms with Gasteiger partial charge < -0.3 is 9.94 Å². The van der Waals surface area contributed by atoms with Gasteiger partial charge in [0.05, 0.1) is 6.10 Å². The predicted octanol–water partition coefficient (Wildman–Crippen LogP) is 3.42. The van der Waals surface area contributed by atoms with E-state index in [9.17, 15) is 5.21 Å². The van der Waals surface area contributed by atoms with E-state index in [2.05, 4.69) is 13.8 Å². The number of hydrogen-bond donors (Lipinski definition) is 1. The van der Waals surface area contributed by atoms with E-state index in [0.29, 0.717) is 0 Å². The maximum absolute atomic E-state index is 9.79. The maximum Gasteiger partial charge on any atom is 0.139 e. The predicted molar refractivity (Wildman–Crippen MR) is 62.9 cm³/mol. The Bertz CT molecular complexity index is 172. The molecule has 0 aromatic carbocycles. The third-order valence-electron chi connectivity index (χ3n) is 2.36. The van der Waals surface area contributed by atoms with Crippen molar-refractivity contribution >= 4 is 0 Å². The van der Waals surface area contributed by atoms with Gasteiger partial charge in [0.25, 0.3) is 0 Å². The van der Waals surface area contributed by atoms with Crippen LogP contribution in [0.15, 0.2) is 0 Å². The van der Waals surface area contributed by atoms with Crippen LogP contribution in [0.1, 0.15) is 61.3 Å². The highest BCUT2D eigenvalue weighted by Crippen LogP contribution is 2.34. The topological polar surface area (TPSA) is 32.7 Å². The number of nitrogens with zero attached hydrogens (tertiary/aromatic N) is 1. The largest absolute Gasteiger partial charge is 0.356 e. The fourth-order valence-corrected chi connectivity index (χ4v) is 2.10. The normalized spacial score (nSPS) is 29.2. The Labute approximate surface area is 94.4 Å². The second-order valence-corrected chi connectivity index (χ2v) is 5.41. The molecular formula is C12H27NO2. The van der Waals surface area contributed by atoms with Gasteiger partial charge >= 0.3 is 0 Å². The van der Waals surface area contributed by atoms with E-state index in [1.165, 1.54) is 11.5 Å². The van der Waals surface area contributed by atoms with Crippen molar-refractivity contribution in [1.82, 2.24) is 5.06 Å². The average molecular weight is 217 g/mol. The van der Waals surface area contributed by atoms with Gasteiger partial charge in [0.2, 0.25) is 0 Å². The van der Waals surface area contributed by atoms with Crippen LogP contribution >= 0.6 is 0 Å². The van der Waals surface area contributed by atoms with Crippen molar-refractivity contribution in [2.45, 2.75) is 78.7 Å². The first-order valence-electron chi connectivity index (χ1n) is 5.84. The van der Waals surface area contributed by atoms with Crippen LogP contribution in [0.3, 0.4) is 0 Å². The number of ether oxygens (including phenoxy) is 1. The first-order chi connectivity index (χ1) is 6.67. The van der Waals surface area contributed by atoms with Gasteiger partial charge in [0, 0.05) is 5.54 Å². The Kier molecular flexibility index (Phi) is 5.24. The molecule has 0 saturated carbocycles. The summed E-state index contributed by atoms with van der Waals surface area (Å²) in [6.45, 7) is 14.1. The van der Waals surface area contributed by atoms with Crippen molar-refractivity contribution in [3.63, 3.8) is 0 Å². The van der Waals surface area contributed by atoms with Crippen molar-refractivity contribution < 1.29 is 9.94 Å². The summed E-state index contributed by atoms with van der Waals surface area (Å²) >= 11 is 0. The van der Waals surface area contributed by atoms with Crippen LogP contribution in [0.25, 0.3) is 0 Å². The molecule has 0 radical (unpaired) electrons. The number of hydrogen-bond acceptors (Lipinski definition) is 3. The maximum atomic E-state index is 9.79. The lowest BCUT2D eigenvalue weighted by atomic mass is 9.92. The van der Waals surface area contributed by atoms with Crippen LogP contribution in [0.2, 0.25) is 0 Å². The highest BCUT2D eigenvalue weighted by Gasteiger charge is 2.44. The molecule has 1 atom stereocenters. The van der Waals surface area contributed by atoms with Gasteiger partial charge in [-0.25, -0.2) is 0 Å². The molecule has 1 unspecified atom stereocenters. The van der Waals surface area contributed by atoms with Crippen molar-refractivity contribution in [1.29, 1.82) is 0 Å². The van der Waals surface area contributed by atoms with Crippen LogP contribution in [-0.4, -0.2) is 27.6 Å². The van der Waals surface area contributed by atoms with Crippen molar-refractivity contribution in [2.24, 2.45) is 0 Å². The minimum Gasteiger partial charge on any atom is -0.356 e. The van der Waals surface area contributed by atoms with Gasteiger partial charge in [-0.15, -0.1) is 0 Å². The molecule has 1 N–H and O–H groups in total. The van der Waals surface area contributed by atoms with Crippen LogP contribution in [0.5, 0.6) is 0 Å². The summed E-state index contributed by atoms with van der Waals surface area (Å²) in [5.74, 6) is 0. The summed E-state index contributed by atoms with van der Waals surface area (Å²) in [5.41, 5.74) is -0.762. The summed E-state index contributed by atoms with van der Waals surface area (Å²) in [4.78, 5) is 0. The third-order valence-corrected chi connectivity index (χ3v) is 2.36. The molecule has 3 heteroatoms. The van der Waals surface area contributed by atoms with Crippen LogP contribution < -0.4 is 0 Å². The lowest BCUT2D eigenvalue weighted by Crippen LogP contribution is -2.61. The second-order valence-electron chi connectivity index (χ2n) is 5.41. The Balaban J connectivity index is 0.000000583. The van der Waals surface area contributed by atoms with E-state index in [4.69, 9.17) is 4.74 Å². The summed E-state index contributed by atoms with van der Waals surface area (Å²) in [7, 11) is 0. The lowest BCUT2D eigenvalue weighted by molar-refractivity contribution is -0.351. The Hall–Kier alpha value is -0.120. The average Bonchev–Trinajstić information content (AvgIpc) is 1.99. The molecule has 0 aromatic heterocycles. The summed E-state index contributed by atoms with van der Waals surface area (Å²) in [6, 6.07) is 0. The zero-order valence-corrected chi connectivity index (χ0v) is 11.3. The smallest absolute Gasteiger partial charge is 0.139 e. The van der Waals surface area contributed by atoms with Gasteiger partial charge in [0.15, 0.2) is 0 Å². The fraction of sp³-hybridized carbons (Fsp3) is 1.00. The van der Waals surface area contributed by atoms with Gasteiger partial charge in [-0.2, -0.15) is 5.06 Å². The van der Waals surface area contributed by atoms with Crippen LogP contribution in [-0.2, 0) is 4.74 Å². The molecule has 0 amide bonds. The second kappa shape index (κ2) is 5.28. The lowest BCUT2D eigenvalue weighted by Gasteiger charge is -2.50. The molecule has 1 heterocycles. The molecule has 1 aliphatic rings. The molecule has 0 bridgehead atoms. The van der Waals surface area contributed by atoms with E-state index in [-0.39, 0.29) is 11.6 Å². The van der Waals surface area contributed by atoms with Gasteiger partial charge in [-0.05, 0) is 41.0 Å². The molecule has 15 heavy (non-hydrogen) atoms. The van der Waals surface area contributed by atoms with Crippen LogP contribution in [0, 0.1) is 0 Å². The molecule has 1 fully saturated rings. The van der Waals surface area contributed by atoms with Crippen molar-refractivity contribution in [3.8, 4) is 0 Å². The monoisotopic (exact) mass is 217 g/mol.